The van der Waals surface area contributed by atoms with E-state index in [2.05, 4.69) is 24.1 Å². The van der Waals surface area contributed by atoms with Gasteiger partial charge in [0.25, 0.3) is 0 Å². The highest BCUT2D eigenvalue weighted by atomic mass is 15.1. The molecule has 2 heteroatoms. The molecule has 116 valence electrons. The molecule has 1 atom stereocenters. The molecule has 3 aliphatic rings. The fourth-order valence-corrected chi connectivity index (χ4v) is 4.09. The van der Waals surface area contributed by atoms with E-state index in [1.165, 1.54) is 71.1 Å². The van der Waals surface area contributed by atoms with Gasteiger partial charge in [0.1, 0.15) is 0 Å². The van der Waals surface area contributed by atoms with Crippen molar-refractivity contribution in [3.8, 4) is 0 Å². The smallest absolute Gasteiger partial charge is 0.0124 e. The van der Waals surface area contributed by atoms with Crippen molar-refractivity contribution in [1.82, 2.24) is 10.2 Å². The number of rotatable bonds is 7. The minimum absolute atomic E-state index is 0.877. The number of nitrogens with zero attached hydrogens (tertiary/aromatic N) is 1. The maximum atomic E-state index is 3.90. The Morgan fingerprint density at radius 1 is 0.900 bits per heavy atom. The van der Waals surface area contributed by atoms with Gasteiger partial charge in [0.05, 0.1) is 0 Å². The van der Waals surface area contributed by atoms with Gasteiger partial charge in [0, 0.05) is 19.1 Å². The van der Waals surface area contributed by atoms with Gasteiger partial charge in [-0.1, -0.05) is 13.8 Å². The molecule has 2 aliphatic carbocycles. The zero-order valence-electron chi connectivity index (χ0n) is 13.6. The molecule has 0 radical (unpaired) electrons. The molecular weight excluding hydrogens is 244 g/mol. The lowest BCUT2D eigenvalue weighted by atomic mass is 9.89. The van der Waals surface area contributed by atoms with Crippen LogP contribution in [0.5, 0.6) is 0 Å². The zero-order valence-corrected chi connectivity index (χ0v) is 13.6. The topological polar surface area (TPSA) is 15.3 Å². The van der Waals surface area contributed by atoms with E-state index in [0.29, 0.717) is 0 Å². The molecule has 3 fully saturated rings. The van der Waals surface area contributed by atoms with Crippen molar-refractivity contribution in [3.63, 3.8) is 0 Å². The molecule has 0 amide bonds. The first-order chi connectivity index (χ1) is 9.74. The van der Waals surface area contributed by atoms with Gasteiger partial charge < -0.3 is 10.2 Å². The highest BCUT2D eigenvalue weighted by molar-refractivity contribution is 4.96. The first-order valence-electron chi connectivity index (χ1n) is 9.20. The SMILES string of the molecule is CC(C)C1CCCN(CCNC(C2CC2)C2CC2)CC1. The average Bonchev–Trinajstić information content (AvgIpc) is 3.31. The van der Waals surface area contributed by atoms with E-state index in [-0.39, 0.29) is 0 Å². The second-order valence-electron chi connectivity index (χ2n) is 7.93. The van der Waals surface area contributed by atoms with E-state index < -0.39 is 0 Å². The lowest BCUT2D eigenvalue weighted by molar-refractivity contribution is 0.262. The summed E-state index contributed by atoms with van der Waals surface area (Å²) in [5.74, 6) is 3.93. The molecule has 0 aromatic carbocycles. The molecule has 1 N–H and O–H groups in total. The van der Waals surface area contributed by atoms with Crippen LogP contribution in [0.3, 0.4) is 0 Å². The van der Waals surface area contributed by atoms with Gasteiger partial charge in [-0.05, 0) is 81.7 Å². The van der Waals surface area contributed by atoms with Crippen LogP contribution in [0.25, 0.3) is 0 Å². The third kappa shape index (κ3) is 4.21. The first-order valence-corrected chi connectivity index (χ1v) is 9.20. The van der Waals surface area contributed by atoms with Gasteiger partial charge in [-0.2, -0.15) is 0 Å². The van der Waals surface area contributed by atoms with Gasteiger partial charge >= 0.3 is 0 Å². The van der Waals surface area contributed by atoms with Crippen molar-refractivity contribution < 1.29 is 0 Å². The van der Waals surface area contributed by atoms with Gasteiger partial charge in [0.15, 0.2) is 0 Å². The second kappa shape index (κ2) is 6.79. The fraction of sp³-hybridized carbons (Fsp3) is 1.00. The normalized spacial score (nSPS) is 29.1. The number of hydrogen-bond donors (Lipinski definition) is 1. The van der Waals surface area contributed by atoms with Gasteiger partial charge in [-0.3, -0.25) is 0 Å². The fourth-order valence-electron chi connectivity index (χ4n) is 4.09. The molecule has 0 spiro atoms. The standard InChI is InChI=1S/C18H34N2/c1-14(2)15-4-3-11-20(12-9-15)13-10-19-18(16-5-6-16)17-7-8-17/h14-19H,3-13H2,1-2H3. The monoisotopic (exact) mass is 278 g/mol. The Morgan fingerprint density at radius 2 is 1.60 bits per heavy atom. The molecule has 3 rings (SSSR count). The number of likely N-dealkylation sites (tertiary alicyclic amines) is 1. The van der Waals surface area contributed by atoms with E-state index in [1.54, 1.807) is 0 Å². The minimum Gasteiger partial charge on any atom is -0.312 e. The Kier molecular flexibility index (Phi) is 5.04. The largest absolute Gasteiger partial charge is 0.312 e. The van der Waals surface area contributed by atoms with Gasteiger partial charge in [-0.15, -0.1) is 0 Å². The summed E-state index contributed by atoms with van der Waals surface area (Å²) in [5, 5.41) is 3.90. The quantitative estimate of drug-likeness (QED) is 0.766. The lowest BCUT2D eigenvalue weighted by Crippen LogP contribution is -2.39. The molecular formula is C18H34N2. The van der Waals surface area contributed by atoms with Crippen LogP contribution in [0, 0.1) is 23.7 Å². The molecule has 2 nitrogen and oxygen atoms in total. The molecule has 1 unspecified atom stereocenters. The summed E-state index contributed by atoms with van der Waals surface area (Å²) in [6.07, 6.45) is 10.3. The summed E-state index contributed by atoms with van der Waals surface area (Å²) in [4.78, 5) is 2.71. The summed E-state index contributed by atoms with van der Waals surface area (Å²) in [6, 6.07) is 0.880. The van der Waals surface area contributed by atoms with E-state index in [9.17, 15) is 0 Å². The Morgan fingerprint density at radius 3 is 2.20 bits per heavy atom. The van der Waals surface area contributed by atoms with Crippen molar-refractivity contribution in [2.45, 2.75) is 64.8 Å². The van der Waals surface area contributed by atoms with Crippen LogP contribution in [0.4, 0.5) is 0 Å². The summed E-state index contributed by atoms with van der Waals surface area (Å²) in [7, 11) is 0. The molecule has 0 bridgehead atoms. The molecule has 0 aromatic heterocycles. The van der Waals surface area contributed by atoms with E-state index in [1.807, 2.05) is 0 Å². The highest BCUT2D eigenvalue weighted by Gasteiger charge is 2.40. The predicted molar refractivity (Wildman–Crippen MR) is 85.9 cm³/mol. The third-order valence-corrected chi connectivity index (χ3v) is 5.88. The van der Waals surface area contributed by atoms with Crippen molar-refractivity contribution in [1.29, 1.82) is 0 Å². The average molecular weight is 278 g/mol. The zero-order chi connectivity index (χ0) is 13.9. The first kappa shape index (κ1) is 14.8. The summed E-state index contributed by atoms with van der Waals surface area (Å²) in [5.41, 5.74) is 0. The Balaban J connectivity index is 1.35. The van der Waals surface area contributed by atoms with Crippen LogP contribution >= 0.6 is 0 Å². The minimum atomic E-state index is 0.877. The molecule has 20 heavy (non-hydrogen) atoms. The number of nitrogens with one attached hydrogen (secondary N) is 1. The maximum absolute atomic E-state index is 3.90. The van der Waals surface area contributed by atoms with Crippen LogP contribution in [0.2, 0.25) is 0 Å². The molecule has 0 aromatic rings. The van der Waals surface area contributed by atoms with Crippen LogP contribution in [0.1, 0.15) is 58.8 Å². The van der Waals surface area contributed by atoms with Crippen molar-refractivity contribution >= 4 is 0 Å². The van der Waals surface area contributed by atoms with Crippen LogP contribution in [-0.4, -0.2) is 37.1 Å². The lowest BCUT2D eigenvalue weighted by Gasteiger charge is -2.24. The van der Waals surface area contributed by atoms with Crippen LogP contribution in [0.15, 0.2) is 0 Å². The van der Waals surface area contributed by atoms with E-state index >= 15 is 0 Å². The second-order valence-corrected chi connectivity index (χ2v) is 7.93. The summed E-state index contributed by atoms with van der Waals surface area (Å²) < 4.78 is 0. The molecule has 1 heterocycles. The molecule has 1 aliphatic heterocycles. The molecule has 1 saturated heterocycles. The van der Waals surface area contributed by atoms with Crippen molar-refractivity contribution in [2.24, 2.45) is 23.7 Å². The van der Waals surface area contributed by atoms with E-state index in [0.717, 1.165) is 29.7 Å². The van der Waals surface area contributed by atoms with Crippen molar-refractivity contribution in [2.75, 3.05) is 26.2 Å². The predicted octanol–water partition coefficient (Wildman–Crippen LogP) is 3.52. The van der Waals surface area contributed by atoms with Crippen LogP contribution < -0.4 is 5.32 Å². The number of hydrogen-bond acceptors (Lipinski definition) is 2. The van der Waals surface area contributed by atoms with Crippen molar-refractivity contribution in [3.05, 3.63) is 0 Å². The summed E-state index contributed by atoms with van der Waals surface area (Å²) >= 11 is 0. The third-order valence-electron chi connectivity index (χ3n) is 5.88. The Bertz CT molecular complexity index is 282. The maximum Gasteiger partial charge on any atom is 0.0124 e. The van der Waals surface area contributed by atoms with Gasteiger partial charge in [0.2, 0.25) is 0 Å². The Labute approximate surface area is 125 Å². The van der Waals surface area contributed by atoms with Gasteiger partial charge in [-0.25, -0.2) is 0 Å². The van der Waals surface area contributed by atoms with E-state index in [4.69, 9.17) is 0 Å². The van der Waals surface area contributed by atoms with Crippen LogP contribution in [-0.2, 0) is 0 Å². The summed E-state index contributed by atoms with van der Waals surface area (Å²) in [6.45, 7) is 9.98. The Hall–Kier alpha value is -0.0800. The molecule has 2 saturated carbocycles. The highest BCUT2D eigenvalue weighted by Crippen LogP contribution is 2.44.